The second-order valence-corrected chi connectivity index (χ2v) is 10.1. The van der Waals surface area contributed by atoms with Gasteiger partial charge in [-0.25, -0.2) is 8.42 Å². The van der Waals surface area contributed by atoms with Gasteiger partial charge in [0.1, 0.15) is 4.21 Å². The number of benzene rings is 1. The van der Waals surface area contributed by atoms with Gasteiger partial charge in [-0.05, 0) is 48.1 Å². The van der Waals surface area contributed by atoms with Crippen LogP contribution in [0.3, 0.4) is 0 Å². The SMILES string of the molecule is O=C(Nc1cccc(Cn2cccn2)c1)C1CCCN(S(=O)(=O)c2cccs2)C1. The third-order valence-corrected chi connectivity index (χ3v) is 8.18. The van der Waals surface area contributed by atoms with Gasteiger partial charge in [0.15, 0.2) is 0 Å². The van der Waals surface area contributed by atoms with Crippen LogP contribution < -0.4 is 5.32 Å². The molecule has 1 fully saturated rings. The molecule has 7 nitrogen and oxygen atoms in total. The molecule has 3 aromatic rings. The Balaban J connectivity index is 1.42. The number of thiophene rings is 1. The lowest BCUT2D eigenvalue weighted by Crippen LogP contribution is -2.43. The third-order valence-electron chi connectivity index (χ3n) is 4.94. The van der Waals surface area contributed by atoms with Crippen molar-refractivity contribution in [2.75, 3.05) is 18.4 Å². The van der Waals surface area contributed by atoms with Gasteiger partial charge in [0, 0.05) is 31.2 Å². The van der Waals surface area contributed by atoms with Gasteiger partial charge in [0.2, 0.25) is 5.91 Å². The summed E-state index contributed by atoms with van der Waals surface area (Å²) in [4.78, 5) is 12.8. The summed E-state index contributed by atoms with van der Waals surface area (Å²) in [6.07, 6.45) is 4.96. The summed E-state index contributed by atoms with van der Waals surface area (Å²) >= 11 is 1.20. The predicted molar refractivity (Wildman–Crippen MR) is 112 cm³/mol. The quantitative estimate of drug-likeness (QED) is 0.651. The average Bonchev–Trinajstić information content (AvgIpc) is 3.43. The molecule has 1 aliphatic heterocycles. The first kappa shape index (κ1) is 19.8. The van der Waals surface area contributed by atoms with Crippen molar-refractivity contribution in [1.82, 2.24) is 14.1 Å². The Kier molecular flexibility index (Phi) is 5.79. The van der Waals surface area contributed by atoms with E-state index in [1.807, 2.05) is 41.2 Å². The summed E-state index contributed by atoms with van der Waals surface area (Å²) < 4.78 is 29.1. The maximum atomic E-state index is 12.8. The summed E-state index contributed by atoms with van der Waals surface area (Å²) in [5.74, 6) is -0.513. The number of amides is 1. The Morgan fingerprint density at radius 3 is 2.90 bits per heavy atom. The zero-order valence-electron chi connectivity index (χ0n) is 15.8. The molecule has 1 aromatic carbocycles. The van der Waals surface area contributed by atoms with Gasteiger partial charge in [-0.2, -0.15) is 9.40 Å². The van der Waals surface area contributed by atoms with E-state index in [4.69, 9.17) is 0 Å². The summed E-state index contributed by atoms with van der Waals surface area (Å²) in [6, 6.07) is 12.8. The Morgan fingerprint density at radius 2 is 2.14 bits per heavy atom. The normalized spacial score (nSPS) is 17.9. The number of piperidine rings is 1. The molecule has 1 amide bonds. The highest BCUT2D eigenvalue weighted by Gasteiger charge is 2.33. The number of nitrogens with zero attached hydrogens (tertiary/aromatic N) is 3. The van der Waals surface area contributed by atoms with E-state index in [2.05, 4.69) is 10.4 Å². The van der Waals surface area contributed by atoms with Gasteiger partial charge in [0.25, 0.3) is 10.0 Å². The van der Waals surface area contributed by atoms with E-state index < -0.39 is 10.0 Å². The Morgan fingerprint density at radius 1 is 1.24 bits per heavy atom. The van der Waals surface area contributed by atoms with Crippen LogP contribution in [0.5, 0.6) is 0 Å². The number of aromatic nitrogens is 2. The van der Waals surface area contributed by atoms with Crippen LogP contribution in [-0.2, 0) is 21.4 Å². The van der Waals surface area contributed by atoms with Gasteiger partial charge in [-0.3, -0.25) is 9.48 Å². The van der Waals surface area contributed by atoms with Crippen molar-refractivity contribution in [2.24, 2.45) is 5.92 Å². The van der Waals surface area contributed by atoms with E-state index >= 15 is 0 Å². The van der Waals surface area contributed by atoms with Gasteiger partial charge in [-0.15, -0.1) is 11.3 Å². The second kappa shape index (κ2) is 8.48. The number of anilines is 1. The van der Waals surface area contributed by atoms with E-state index in [0.29, 0.717) is 35.8 Å². The Hall–Kier alpha value is -2.49. The molecule has 1 aliphatic rings. The standard InChI is InChI=1S/C20H22N4O3S2/c25-20(22-18-7-1-5-16(13-18)14-23-10-4-9-21-23)17-6-2-11-24(15-17)29(26,27)19-8-3-12-28-19/h1,3-5,7-10,12-13,17H,2,6,11,14-15H2,(H,22,25). The molecular formula is C20H22N4O3S2. The van der Waals surface area contributed by atoms with E-state index in [9.17, 15) is 13.2 Å². The molecule has 1 unspecified atom stereocenters. The molecule has 152 valence electrons. The van der Waals surface area contributed by atoms with Crippen LogP contribution in [0.1, 0.15) is 18.4 Å². The minimum atomic E-state index is -3.53. The first-order chi connectivity index (χ1) is 14.0. The number of carbonyl (C=O) groups excluding carboxylic acids is 1. The van der Waals surface area contributed by atoms with Crippen molar-refractivity contribution in [3.05, 3.63) is 65.8 Å². The minimum Gasteiger partial charge on any atom is -0.326 e. The van der Waals surface area contributed by atoms with E-state index in [0.717, 1.165) is 5.56 Å². The predicted octanol–water partition coefficient (Wildman–Crippen LogP) is 3.03. The number of rotatable bonds is 6. The molecule has 1 atom stereocenters. The molecule has 29 heavy (non-hydrogen) atoms. The van der Waals surface area contributed by atoms with Crippen LogP contribution in [0, 0.1) is 5.92 Å². The van der Waals surface area contributed by atoms with Crippen LogP contribution in [0.25, 0.3) is 0 Å². The molecule has 0 bridgehead atoms. The fourth-order valence-corrected chi connectivity index (χ4v) is 6.15. The topological polar surface area (TPSA) is 84.3 Å². The number of carbonyl (C=O) groups is 1. The van der Waals surface area contributed by atoms with Gasteiger partial charge < -0.3 is 5.32 Å². The van der Waals surface area contributed by atoms with Crippen molar-refractivity contribution < 1.29 is 13.2 Å². The molecular weight excluding hydrogens is 408 g/mol. The Bertz CT molecular complexity index is 1060. The number of hydrogen-bond acceptors (Lipinski definition) is 5. The molecule has 0 saturated carbocycles. The molecule has 2 aromatic heterocycles. The molecule has 0 aliphatic carbocycles. The fraction of sp³-hybridized carbons (Fsp3) is 0.300. The van der Waals surface area contributed by atoms with Crippen molar-refractivity contribution in [1.29, 1.82) is 0 Å². The highest BCUT2D eigenvalue weighted by atomic mass is 32.2. The molecule has 3 heterocycles. The van der Waals surface area contributed by atoms with Gasteiger partial charge in [-0.1, -0.05) is 18.2 Å². The largest absolute Gasteiger partial charge is 0.326 e. The molecule has 0 spiro atoms. The second-order valence-electron chi connectivity index (χ2n) is 7.03. The Labute approximate surface area is 174 Å². The zero-order valence-corrected chi connectivity index (χ0v) is 17.4. The summed E-state index contributed by atoms with van der Waals surface area (Å²) in [5.41, 5.74) is 1.73. The monoisotopic (exact) mass is 430 g/mol. The number of nitrogens with one attached hydrogen (secondary N) is 1. The fourth-order valence-electron chi connectivity index (χ4n) is 3.49. The van der Waals surface area contributed by atoms with Crippen LogP contribution in [0.2, 0.25) is 0 Å². The minimum absolute atomic E-state index is 0.146. The molecule has 9 heteroatoms. The van der Waals surface area contributed by atoms with Crippen molar-refractivity contribution in [2.45, 2.75) is 23.6 Å². The van der Waals surface area contributed by atoms with Crippen molar-refractivity contribution in [3.63, 3.8) is 0 Å². The van der Waals surface area contributed by atoms with E-state index in [1.54, 1.807) is 23.7 Å². The average molecular weight is 431 g/mol. The lowest BCUT2D eigenvalue weighted by atomic mass is 9.98. The molecule has 1 N–H and O–H groups in total. The van der Waals surface area contributed by atoms with Crippen LogP contribution in [0.15, 0.2) is 64.4 Å². The third kappa shape index (κ3) is 4.58. The van der Waals surface area contributed by atoms with Crippen LogP contribution in [-0.4, -0.2) is 41.5 Å². The smallest absolute Gasteiger partial charge is 0.252 e. The molecule has 4 rings (SSSR count). The summed E-state index contributed by atoms with van der Waals surface area (Å²) in [7, 11) is -3.53. The van der Waals surface area contributed by atoms with Crippen LogP contribution >= 0.6 is 11.3 Å². The number of sulfonamides is 1. The van der Waals surface area contributed by atoms with Crippen molar-refractivity contribution >= 4 is 33.0 Å². The lowest BCUT2D eigenvalue weighted by Gasteiger charge is -2.30. The van der Waals surface area contributed by atoms with Crippen LogP contribution in [0.4, 0.5) is 5.69 Å². The highest BCUT2D eigenvalue weighted by molar-refractivity contribution is 7.91. The maximum absolute atomic E-state index is 12.8. The maximum Gasteiger partial charge on any atom is 0.252 e. The van der Waals surface area contributed by atoms with Gasteiger partial charge in [0.05, 0.1) is 12.5 Å². The van der Waals surface area contributed by atoms with Gasteiger partial charge >= 0.3 is 0 Å². The van der Waals surface area contributed by atoms with E-state index in [-0.39, 0.29) is 18.4 Å². The van der Waals surface area contributed by atoms with E-state index in [1.165, 1.54) is 15.6 Å². The molecule has 1 saturated heterocycles. The highest BCUT2D eigenvalue weighted by Crippen LogP contribution is 2.27. The lowest BCUT2D eigenvalue weighted by molar-refractivity contribution is -0.120. The first-order valence-corrected chi connectivity index (χ1v) is 11.8. The summed E-state index contributed by atoms with van der Waals surface area (Å²) in [6.45, 7) is 1.27. The number of hydrogen-bond donors (Lipinski definition) is 1. The van der Waals surface area contributed by atoms with Crippen molar-refractivity contribution in [3.8, 4) is 0 Å². The molecule has 0 radical (unpaired) electrons. The first-order valence-electron chi connectivity index (χ1n) is 9.43. The zero-order chi connectivity index (χ0) is 20.3. The summed E-state index contributed by atoms with van der Waals surface area (Å²) in [5, 5.41) is 8.89.